The van der Waals surface area contributed by atoms with E-state index in [1.165, 1.54) is 5.56 Å². The Hall–Kier alpha value is -1.55. The normalized spacial score (nSPS) is 12.3. The standard InChI is InChI=1S/C17H28N2O2/c1-6-15(7-2)19-17(20)11-21-16-9-8-14(10-12(16)3)13(4)18-5/h8-10,13,15,18H,6-7,11H2,1-5H3,(H,19,20). The predicted molar refractivity (Wildman–Crippen MR) is 86.7 cm³/mol. The molecule has 21 heavy (non-hydrogen) atoms. The van der Waals surface area contributed by atoms with Gasteiger partial charge < -0.3 is 15.4 Å². The van der Waals surface area contributed by atoms with Gasteiger partial charge >= 0.3 is 0 Å². The summed E-state index contributed by atoms with van der Waals surface area (Å²) in [5.74, 6) is 0.706. The van der Waals surface area contributed by atoms with Crippen molar-refractivity contribution >= 4 is 5.91 Å². The molecule has 118 valence electrons. The van der Waals surface area contributed by atoms with Gasteiger partial charge in [0.15, 0.2) is 6.61 Å². The Morgan fingerprint density at radius 2 is 1.95 bits per heavy atom. The van der Waals surface area contributed by atoms with Crippen LogP contribution in [0.3, 0.4) is 0 Å². The minimum atomic E-state index is -0.0595. The molecule has 0 fully saturated rings. The van der Waals surface area contributed by atoms with Crippen LogP contribution in [0.4, 0.5) is 0 Å². The Morgan fingerprint density at radius 3 is 2.48 bits per heavy atom. The average Bonchev–Trinajstić information content (AvgIpc) is 2.50. The molecule has 1 aromatic rings. The van der Waals surface area contributed by atoms with Crippen molar-refractivity contribution in [2.24, 2.45) is 0 Å². The topological polar surface area (TPSA) is 50.4 Å². The van der Waals surface area contributed by atoms with E-state index in [-0.39, 0.29) is 18.6 Å². The molecule has 1 rings (SSSR count). The monoisotopic (exact) mass is 292 g/mol. The van der Waals surface area contributed by atoms with E-state index >= 15 is 0 Å². The van der Waals surface area contributed by atoms with Crippen molar-refractivity contribution < 1.29 is 9.53 Å². The lowest BCUT2D eigenvalue weighted by molar-refractivity contribution is -0.123. The van der Waals surface area contributed by atoms with Crippen LogP contribution < -0.4 is 15.4 Å². The minimum absolute atomic E-state index is 0.0595. The Bertz CT molecular complexity index is 456. The maximum absolute atomic E-state index is 11.8. The fraction of sp³-hybridized carbons (Fsp3) is 0.588. The highest BCUT2D eigenvalue weighted by Crippen LogP contribution is 2.22. The zero-order valence-electron chi connectivity index (χ0n) is 13.8. The largest absolute Gasteiger partial charge is 0.484 e. The third-order valence-corrected chi connectivity index (χ3v) is 3.84. The number of rotatable bonds is 8. The second-order valence-electron chi connectivity index (χ2n) is 5.40. The van der Waals surface area contributed by atoms with E-state index in [9.17, 15) is 4.79 Å². The lowest BCUT2D eigenvalue weighted by Crippen LogP contribution is -2.37. The van der Waals surface area contributed by atoms with Crippen LogP contribution in [0.5, 0.6) is 5.75 Å². The summed E-state index contributed by atoms with van der Waals surface area (Å²) < 4.78 is 5.62. The number of ether oxygens (including phenoxy) is 1. The molecule has 2 N–H and O–H groups in total. The first kappa shape index (κ1) is 17.5. The number of benzene rings is 1. The molecule has 1 amide bonds. The molecule has 4 nitrogen and oxygen atoms in total. The number of carbonyl (C=O) groups excluding carboxylic acids is 1. The summed E-state index contributed by atoms with van der Waals surface area (Å²) in [6.45, 7) is 8.32. The minimum Gasteiger partial charge on any atom is -0.484 e. The second-order valence-corrected chi connectivity index (χ2v) is 5.40. The molecular weight excluding hydrogens is 264 g/mol. The van der Waals surface area contributed by atoms with E-state index in [0.29, 0.717) is 6.04 Å². The molecule has 0 spiro atoms. The Kier molecular flexibility index (Phi) is 7.23. The fourth-order valence-electron chi connectivity index (χ4n) is 2.18. The predicted octanol–water partition coefficient (Wildman–Crippen LogP) is 2.96. The average molecular weight is 292 g/mol. The molecule has 1 atom stereocenters. The van der Waals surface area contributed by atoms with Crippen molar-refractivity contribution in [1.29, 1.82) is 0 Å². The van der Waals surface area contributed by atoms with E-state index in [2.05, 4.69) is 37.5 Å². The van der Waals surface area contributed by atoms with Crippen molar-refractivity contribution in [2.75, 3.05) is 13.7 Å². The van der Waals surface area contributed by atoms with Crippen molar-refractivity contribution in [2.45, 2.75) is 52.6 Å². The van der Waals surface area contributed by atoms with Gasteiger partial charge in [-0.1, -0.05) is 26.0 Å². The Balaban J connectivity index is 2.58. The highest BCUT2D eigenvalue weighted by Gasteiger charge is 2.10. The summed E-state index contributed by atoms with van der Waals surface area (Å²) in [6, 6.07) is 6.59. The van der Waals surface area contributed by atoms with Gasteiger partial charge in [-0.2, -0.15) is 0 Å². The van der Waals surface area contributed by atoms with Gasteiger partial charge in [-0.3, -0.25) is 4.79 Å². The van der Waals surface area contributed by atoms with Crippen LogP contribution in [0.25, 0.3) is 0 Å². The Labute approximate surface area is 128 Å². The lowest BCUT2D eigenvalue weighted by atomic mass is 10.1. The van der Waals surface area contributed by atoms with Gasteiger partial charge in [0.25, 0.3) is 5.91 Å². The molecule has 4 heteroatoms. The van der Waals surface area contributed by atoms with Crippen LogP contribution in [0.1, 0.15) is 50.8 Å². The molecule has 0 radical (unpaired) electrons. The first-order valence-corrected chi connectivity index (χ1v) is 7.71. The number of nitrogens with one attached hydrogen (secondary N) is 2. The Morgan fingerprint density at radius 1 is 1.29 bits per heavy atom. The fourth-order valence-corrected chi connectivity index (χ4v) is 2.18. The van der Waals surface area contributed by atoms with E-state index in [0.717, 1.165) is 24.2 Å². The molecule has 0 bridgehead atoms. The number of carbonyl (C=O) groups is 1. The van der Waals surface area contributed by atoms with Crippen molar-refractivity contribution in [1.82, 2.24) is 10.6 Å². The van der Waals surface area contributed by atoms with Crippen LogP contribution in [0.2, 0.25) is 0 Å². The molecule has 0 aliphatic heterocycles. The summed E-state index contributed by atoms with van der Waals surface area (Å²) >= 11 is 0. The smallest absolute Gasteiger partial charge is 0.258 e. The molecule has 0 saturated heterocycles. The van der Waals surface area contributed by atoms with Gasteiger partial charge in [0.2, 0.25) is 0 Å². The van der Waals surface area contributed by atoms with Gasteiger partial charge in [-0.25, -0.2) is 0 Å². The summed E-state index contributed by atoms with van der Waals surface area (Å²) in [6.07, 6.45) is 1.88. The lowest BCUT2D eigenvalue weighted by Gasteiger charge is -2.16. The molecule has 0 aromatic heterocycles. The molecule has 0 aliphatic carbocycles. The summed E-state index contributed by atoms with van der Waals surface area (Å²) in [7, 11) is 1.94. The first-order chi connectivity index (χ1) is 10.0. The SMILES string of the molecule is CCC(CC)NC(=O)COc1ccc(C(C)NC)cc1C. The molecule has 0 heterocycles. The van der Waals surface area contributed by atoms with E-state index in [1.54, 1.807) is 0 Å². The van der Waals surface area contributed by atoms with Crippen LogP contribution in [-0.2, 0) is 4.79 Å². The van der Waals surface area contributed by atoms with E-state index in [4.69, 9.17) is 4.74 Å². The second kappa shape index (κ2) is 8.67. The van der Waals surface area contributed by atoms with Gasteiger partial charge in [0.05, 0.1) is 0 Å². The summed E-state index contributed by atoms with van der Waals surface area (Å²) in [4.78, 5) is 11.8. The zero-order chi connectivity index (χ0) is 15.8. The van der Waals surface area contributed by atoms with Crippen molar-refractivity contribution in [3.05, 3.63) is 29.3 Å². The first-order valence-electron chi connectivity index (χ1n) is 7.71. The number of aryl methyl sites for hydroxylation is 1. The maximum Gasteiger partial charge on any atom is 0.258 e. The number of amides is 1. The molecule has 1 unspecified atom stereocenters. The van der Waals surface area contributed by atoms with Crippen molar-refractivity contribution in [3.63, 3.8) is 0 Å². The molecule has 0 saturated carbocycles. The van der Waals surface area contributed by atoms with E-state index in [1.807, 2.05) is 26.1 Å². The van der Waals surface area contributed by atoms with Crippen LogP contribution in [0.15, 0.2) is 18.2 Å². The molecular formula is C17H28N2O2. The van der Waals surface area contributed by atoms with Gasteiger partial charge in [0.1, 0.15) is 5.75 Å². The number of hydrogen-bond donors (Lipinski definition) is 2. The van der Waals surface area contributed by atoms with Crippen molar-refractivity contribution in [3.8, 4) is 5.75 Å². The number of hydrogen-bond acceptors (Lipinski definition) is 3. The molecule has 1 aromatic carbocycles. The van der Waals surface area contributed by atoms with Crippen LogP contribution in [-0.4, -0.2) is 25.6 Å². The van der Waals surface area contributed by atoms with Gasteiger partial charge in [0, 0.05) is 12.1 Å². The summed E-state index contributed by atoms with van der Waals surface area (Å²) in [5.41, 5.74) is 2.26. The quantitative estimate of drug-likeness (QED) is 0.774. The van der Waals surface area contributed by atoms with Crippen LogP contribution >= 0.6 is 0 Å². The third kappa shape index (κ3) is 5.38. The zero-order valence-corrected chi connectivity index (χ0v) is 13.8. The third-order valence-electron chi connectivity index (χ3n) is 3.84. The van der Waals surface area contributed by atoms with E-state index < -0.39 is 0 Å². The maximum atomic E-state index is 11.8. The highest BCUT2D eigenvalue weighted by molar-refractivity contribution is 5.77. The van der Waals surface area contributed by atoms with Gasteiger partial charge in [-0.05, 0) is 50.9 Å². The van der Waals surface area contributed by atoms with Crippen LogP contribution in [0, 0.1) is 6.92 Å². The highest BCUT2D eigenvalue weighted by atomic mass is 16.5. The summed E-state index contributed by atoms with van der Waals surface area (Å²) in [5, 5.41) is 6.18. The van der Waals surface area contributed by atoms with Gasteiger partial charge in [-0.15, -0.1) is 0 Å². The molecule has 0 aliphatic rings.